The summed E-state index contributed by atoms with van der Waals surface area (Å²) in [6.45, 7) is 2.04. The Hall–Kier alpha value is -3.17. The molecule has 1 fully saturated rings. The van der Waals surface area contributed by atoms with Gasteiger partial charge in [-0.25, -0.2) is 4.39 Å². The lowest BCUT2D eigenvalue weighted by molar-refractivity contribution is 0.0752. The third-order valence-electron chi connectivity index (χ3n) is 5.29. The number of rotatable bonds is 5. The Morgan fingerprint density at radius 3 is 2.50 bits per heavy atom. The first kappa shape index (κ1) is 22.0. The molecule has 0 spiro atoms. The Morgan fingerprint density at radius 1 is 1.09 bits per heavy atom. The van der Waals surface area contributed by atoms with Gasteiger partial charge in [0.05, 0.1) is 11.4 Å². The molecule has 0 bridgehead atoms. The quantitative estimate of drug-likeness (QED) is 0.592. The van der Waals surface area contributed by atoms with Gasteiger partial charge in [-0.2, -0.15) is 4.37 Å². The summed E-state index contributed by atoms with van der Waals surface area (Å²) in [5.41, 5.74) is 7.48. The van der Waals surface area contributed by atoms with Crippen molar-refractivity contribution in [2.45, 2.75) is 6.54 Å². The highest BCUT2D eigenvalue weighted by Crippen LogP contribution is 2.26. The summed E-state index contributed by atoms with van der Waals surface area (Å²) in [5.74, 6) is -1.04. The molecule has 3 N–H and O–H groups in total. The summed E-state index contributed by atoms with van der Waals surface area (Å²) >= 11 is 7.01. The number of hydrogen-bond donors (Lipinski definition) is 2. The summed E-state index contributed by atoms with van der Waals surface area (Å²) in [6, 6.07) is 13.8. The van der Waals surface area contributed by atoms with Gasteiger partial charge in [0.2, 0.25) is 0 Å². The second-order valence-corrected chi connectivity index (χ2v) is 8.46. The van der Waals surface area contributed by atoms with Crippen LogP contribution in [0.3, 0.4) is 0 Å². The Bertz CT molecular complexity index is 1150. The minimum Gasteiger partial charge on any atom is -0.395 e. The zero-order chi connectivity index (χ0) is 22.7. The first-order valence-corrected chi connectivity index (χ1v) is 11.2. The van der Waals surface area contributed by atoms with E-state index in [2.05, 4.69) is 9.69 Å². The van der Waals surface area contributed by atoms with Crippen molar-refractivity contribution in [3.05, 3.63) is 75.5 Å². The SMILES string of the molecule is Nc1c(C(=O)NCc2ccccc2Cl)nsc1C(=O)N1CCN(c2ccccc2F)CC1. The monoisotopic (exact) mass is 473 g/mol. The second-order valence-electron chi connectivity index (χ2n) is 7.28. The highest BCUT2D eigenvalue weighted by atomic mass is 35.5. The van der Waals surface area contributed by atoms with E-state index in [0.29, 0.717) is 36.9 Å². The van der Waals surface area contributed by atoms with Crippen molar-refractivity contribution < 1.29 is 14.0 Å². The maximum Gasteiger partial charge on any atom is 0.273 e. The molecule has 2 aromatic carbocycles. The molecule has 1 aliphatic heterocycles. The van der Waals surface area contributed by atoms with Crippen LogP contribution in [0.2, 0.25) is 5.02 Å². The predicted molar refractivity (Wildman–Crippen MR) is 124 cm³/mol. The van der Waals surface area contributed by atoms with Crippen LogP contribution < -0.4 is 16.0 Å². The van der Waals surface area contributed by atoms with Crippen LogP contribution in [0.1, 0.15) is 25.7 Å². The number of hydrogen-bond acceptors (Lipinski definition) is 6. The topological polar surface area (TPSA) is 91.6 Å². The van der Waals surface area contributed by atoms with Crippen LogP contribution in [0.4, 0.5) is 15.8 Å². The zero-order valence-electron chi connectivity index (χ0n) is 17.1. The first-order valence-electron chi connectivity index (χ1n) is 10.0. The summed E-state index contributed by atoms with van der Waals surface area (Å²) in [6.07, 6.45) is 0. The van der Waals surface area contributed by atoms with Crippen LogP contribution in [0.5, 0.6) is 0 Å². The number of halogens is 2. The number of aromatic nitrogens is 1. The molecule has 0 atom stereocenters. The highest BCUT2D eigenvalue weighted by Gasteiger charge is 2.28. The molecule has 0 aliphatic carbocycles. The fourth-order valence-electron chi connectivity index (χ4n) is 3.52. The molecule has 7 nitrogen and oxygen atoms in total. The average molecular weight is 474 g/mol. The van der Waals surface area contributed by atoms with Crippen molar-refractivity contribution in [2.24, 2.45) is 0 Å². The number of nitrogens with two attached hydrogens (primary N) is 1. The number of benzene rings is 2. The zero-order valence-corrected chi connectivity index (χ0v) is 18.6. The summed E-state index contributed by atoms with van der Waals surface area (Å²) in [7, 11) is 0. The van der Waals surface area contributed by atoms with Crippen LogP contribution >= 0.6 is 23.1 Å². The predicted octanol–water partition coefficient (Wildman–Crippen LogP) is 3.41. The van der Waals surface area contributed by atoms with E-state index in [-0.39, 0.29) is 34.5 Å². The normalized spacial score (nSPS) is 13.8. The third kappa shape index (κ3) is 4.53. The fraction of sp³-hybridized carbons (Fsp3) is 0.227. The molecule has 1 saturated heterocycles. The molecule has 1 aromatic heterocycles. The van der Waals surface area contributed by atoms with E-state index in [4.69, 9.17) is 17.3 Å². The van der Waals surface area contributed by atoms with E-state index in [0.717, 1.165) is 17.1 Å². The van der Waals surface area contributed by atoms with Crippen molar-refractivity contribution in [3.8, 4) is 0 Å². The minimum atomic E-state index is -0.470. The van der Waals surface area contributed by atoms with E-state index in [1.807, 2.05) is 17.0 Å². The van der Waals surface area contributed by atoms with Crippen molar-refractivity contribution in [1.82, 2.24) is 14.6 Å². The maximum atomic E-state index is 14.0. The largest absolute Gasteiger partial charge is 0.395 e. The molecular formula is C22H21ClFN5O2S. The van der Waals surface area contributed by atoms with Gasteiger partial charge in [0.15, 0.2) is 5.69 Å². The number of anilines is 2. The summed E-state index contributed by atoms with van der Waals surface area (Å²) < 4.78 is 18.1. The van der Waals surface area contributed by atoms with Crippen LogP contribution in [-0.4, -0.2) is 47.3 Å². The van der Waals surface area contributed by atoms with Gasteiger partial charge in [0, 0.05) is 37.7 Å². The van der Waals surface area contributed by atoms with Crippen molar-refractivity contribution in [1.29, 1.82) is 0 Å². The van der Waals surface area contributed by atoms with Gasteiger partial charge in [-0.3, -0.25) is 9.59 Å². The van der Waals surface area contributed by atoms with Crippen LogP contribution in [0.15, 0.2) is 48.5 Å². The molecule has 32 heavy (non-hydrogen) atoms. The number of carbonyl (C=O) groups is 2. The number of piperazine rings is 1. The number of amides is 2. The molecule has 4 rings (SSSR count). The number of nitrogens with zero attached hydrogens (tertiary/aromatic N) is 3. The first-order chi connectivity index (χ1) is 15.5. The lowest BCUT2D eigenvalue weighted by Crippen LogP contribution is -2.49. The minimum absolute atomic E-state index is 0.0235. The van der Waals surface area contributed by atoms with Gasteiger partial charge in [0.25, 0.3) is 11.8 Å². The van der Waals surface area contributed by atoms with E-state index in [1.54, 1.807) is 35.2 Å². The van der Waals surface area contributed by atoms with Crippen molar-refractivity contribution in [3.63, 3.8) is 0 Å². The summed E-state index contributed by atoms with van der Waals surface area (Å²) in [5, 5.41) is 3.28. The van der Waals surface area contributed by atoms with Gasteiger partial charge >= 0.3 is 0 Å². The number of nitrogen functional groups attached to an aromatic ring is 1. The van der Waals surface area contributed by atoms with Gasteiger partial charge in [-0.15, -0.1) is 0 Å². The molecule has 10 heteroatoms. The molecule has 2 amide bonds. The molecule has 2 heterocycles. The van der Waals surface area contributed by atoms with Crippen LogP contribution in [0, 0.1) is 5.82 Å². The maximum absolute atomic E-state index is 14.0. The lowest BCUT2D eigenvalue weighted by Gasteiger charge is -2.36. The van der Waals surface area contributed by atoms with Crippen molar-refractivity contribution >= 4 is 46.3 Å². The molecule has 166 valence electrons. The van der Waals surface area contributed by atoms with E-state index in [9.17, 15) is 14.0 Å². The number of nitrogens with one attached hydrogen (secondary N) is 1. The van der Waals surface area contributed by atoms with Crippen LogP contribution in [-0.2, 0) is 6.54 Å². The van der Waals surface area contributed by atoms with Crippen molar-refractivity contribution in [2.75, 3.05) is 36.8 Å². The average Bonchev–Trinajstić information content (AvgIpc) is 3.19. The standard InChI is InChI=1S/C22H21ClFN5O2S/c23-15-6-2-1-5-14(15)13-26-21(30)19-18(25)20(32-27-19)22(31)29-11-9-28(10-12-29)17-8-4-3-7-16(17)24/h1-8H,9-13,25H2,(H,26,30). The Morgan fingerprint density at radius 2 is 1.78 bits per heavy atom. The molecule has 0 radical (unpaired) electrons. The van der Waals surface area contributed by atoms with Crippen LogP contribution in [0.25, 0.3) is 0 Å². The van der Waals surface area contributed by atoms with E-state index in [1.165, 1.54) is 6.07 Å². The van der Waals surface area contributed by atoms with Gasteiger partial charge < -0.3 is 20.9 Å². The lowest BCUT2D eigenvalue weighted by atomic mass is 10.2. The van der Waals surface area contributed by atoms with Gasteiger partial charge in [-0.1, -0.05) is 41.9 Å². The molecule has 3 aromatic rings. The highest BCUT2D eigenvalue weighted by molar-refractivity contribution is 7.09. The Balaban J connectivity index is 1.38. The van der Waals surface area contributed by atoms with Gasteiger partial charge in [0.1, 0.15) is 10.7 Å². The number of para-hydroxylation sites is 1. The molecular weight excluding hydrogens is 453 g/mol. The fourth-order valence-corrected chi connectivity index (χ4v) is 4.49. The van der Waals surface area contributed by atoms with E-state index >= 15 is 0 Å². The molecule has 0 unspecified atom stereocenters. The second kappa shape index (κ2) is 9.54. The van der Waals surface area contributed by atoms with E-state index < -0.39 is 5.91 Å². The Kier molecular flexibility index (Phi) is 6.57. The van der Waals surface area contributed by atoms with Gasteiger partial charge in [-0.05, 0) is 35.3 Å². The number of carbonyl (C=O) groups excluding carboxylic acids is 2. The third-order valence-corrected chi connectivity index (χ3v) is 6.51. The molecule has 1 aliphatic rings. The smallest absolute Gasteiger partial charge is 0.273 e. The Labute approximate surface area is 193 Å². The summed E-state index contributed by atoms with van der Waals surface area (Å²) in [4.78, 5) is 29.3. The molecule has 0 saturated carbocycles.